The average Bonchev–Trinajstić information content (AvgIpc) is 3.14. The van der Waals surface area contributed by atoms with Crippen LogP contribution in [-0.4, -0.2) is 52.2 Å². The fourth-order valence-electron chi connectivity index (χ4n) is 4.58. The summed E-state index contributed by atoms with van der Waals surface area (Å²) in [7, 11) is 0. The highest BCUT2D eigenvalue weighted by atomic mass is 35.5. The third kappa shape index (κ3) is 3.78. The molecule has 1 aromatic rings. The molecule has 2 fully saturated rings. The quantitative estimate of drug-likeness (QED) is 0.757. The number of hydrazone groups is 1. The van der Waals surface area contributed by atoms with Crippen molar-refractivity contribution < 1.29 is 9.59 Å². The molecule has 1 aromatic carbocycles. The Kier molecular flexibility index (Phi) is 5.62. The number of fused-ring (bicyclic) bond motifs is 3. The second kappa shape index (κ2) is 8.03. The van der Waals surface area contributed by atoms with Gasteiger partial charge in [-0.25, -0.2) is 0 Å². The molecule has 3 unspecified atom stereocenters. The van der Waals surface area contributed by atoms with Crippen LogP contribution in [0.15, 0.2) is 23.3 Å². The highest BCUT2D eigenvalue weighted by Gasteiger charge is 2.51. The van der Waals surface area contributed by atoms with Crippen LogP contribution in [0.1, 0.15) is 39.5 Å². The van der Waals surface area contributed by atoms with Gasteiger partial charge in [-0.15, -0.1) is 0 Å². The fourth-order valence-corrected chi connectivity index (χ4v) is 4.91. The summed E-state index contributed by atoms with van der Waals surface area (Å²) in [6.07, 6.45) is 3.50. The van der Waals surface area contributed by atoms with E-state index in [4.69, 9.17) is 23.2 Å². The van der Waals surface area contributed by atoms with Gasteiger partial charge in [0.2, 0.25) is 5.91 Å². The molecule has 0 bridgehead atoms. The van der Waals surface area contributed by atoms with Crippen LogP contribution in [0.5, 0.6) is 0 Å². The number of hydrogen-bond donors (Lipinski definition) is 2. The number of rotatable bonds is 4. The molecule has 1 aliphatic carbocycles. The Morgan fingerprint density at radius 2 is 2.00 bits per heavy atom. The Morgan fingerprint density at radius 3 is 2.72 bits per heavy atom. The van der Waals surface area contributed by atoms with Gasteiger partial charge in [-0.3, -0.25) is 15.0 Å². The monoisotopic (exact) mass is 437 g/mol. The van der Waals surface area contributed by atoms with E-state index in [1.54, 1.807) is 23.1 Å². The SMILES string of the molecule is CC(C)C1=NNC2C(=O)N(CC(=O)Nc3cc(Cl)ccc3Cl)C3CCCCC3N12. The topological polar surface area (TPSA) is 77.0 Å². The van der Waals surface area contributed by atoms with Crippen molar-refractivity contribution in [1.29, 1.82) is 0 Å². The molecule has 2 heterocycles. The third-order valence-electron chi connectivity index (χ3n) is 5.85. The number of benzene rings is 1. The predicted octanol–water partition coefficient (Wildman–Crippen LogP) is 3.29. The van der Waals surface area contributed by atoms with Crippen molar-refractivity contribution in [3.05, 3.63) is 28.2 Å². The number of anilines is 1. The summed E-state index contributed by atoms with van der Waals surface area (Å²) >= 11 is 12.2. The van der Waals surface area contributed by atoms with Crippen LogP contribution in [0.3, 0.4) is 0 Å². The van der Waals surface area contributed by atoms with Gasteiger partial charge in [0.05, 0.1) is 22.8 Å². The molecular weight excluding hydrogens is 413 g/mol. The number of hydrogen-bond acceptors (Lipinski definition) is 5. The van der Waals surface area contributed by atoms with E-state index in [0.29, 0.717) is 15.7 Å². The van der Waals surface area contributed by atoms with E-state index < -0.39 is 6.17 Å². The first kappa shape index (κ1) is 20.3. The lowest BCUT2D eigenvalue weighted by Gasteiger charge is -2.51. The van der Waals surface area contributed by atoms with Gasteiger partial charge in [0, 0.05) is 10.9 Å². The van der Waals surface area contributed by atoms with Crippen molar-refractivity contribution in [2.45, 2.75) is 57.8 Å². The maximum absolute atomic E-state index is 13.3. The van der Waals surface area contributed by atoms with E-state index >= 15 is 0 Å². The average molecular weight is 438 g/mol. The van der Waals surface area contributed by atoms with Gasteiger partial charge in [0.25, 0.3) is 5.91 Å². The molecule has 29 heavy (non-hydrogen) atoms. The van der Waals surface area contributed by atoms with E-state index in [9.17, 15) is 9.59 Å². The number of amidine groups is 1. The van der Waals surface area contributed by atoms with E-state index in [2.05, 4.69) is 34.6 Å². The molecule has 3 atom stereocenters. The molecule has 9 heteroatoms. The minimum absolute atomic E-state index is 0.00284. The van der Waals surface area contributed by atoms with Crippen LogP contribution in [0.2, 0.25) is 10.0 Å². The lowest BCUT2D eigenvalue weighted by molar-refractivity contribution is -0.151. The van der Waals surface area contributed by atoms with Crippen LogP contribution in [0.25, 0.3) is 0 Å². The minimum atomic E-state index is -0.533. The Bertz CT molecular complexity index is 859. The maximum atomic E-state index is 13.3. The normalized spacial score (nSPS) is 26.0. The molecule has 2 aliphatic heterocycles. The summed E-state index contributed by atoms with van der Waals surface area (Å²) in [4.78, 5) is 29.9. The molecular formula is C20H25Cl2N5O2. The highest BCUT2D eigenvalue weighted by Crippen LogP contribution is 2.35. The van der Waals surface area contributed by atoms with E-state index in [1.807, 2.05) is 0 Å². The van der Waals surface area contributed by atoms with Gasteiger partial charge in [-0.1, -0.05) is 49.9 Å². The molecule has 3 aliphatic rings. The molecule has 2 amide bonds. The second-order valence-corrected chi connectivity index (χ2v) is 8.96. The zero-order chi connectivity index (χ0) is 20.7. The molecule has 0 spiro atoms. The van der Waals surface area contributed by atoms with Crippen molar-refractivity contribution in [2.24, 2.45) is 11.0 Å². The number of carbonyl (C=O) groups excluding carboxylic acids is 2. The van der Waals surface area contributed by atoms with E-state index in [-0.39, 0.29) is 36.4 Å². The molecule has 156 valence electrons. The zero-order valence-corrected chi connectivity index (χ0v) is 18.0. The van der Waals surface area contributed by atoms with Crippen LogP contribution < -0.4 is 10.7 Å². The minimum Gasteiger partial charge on any atom is -0.325 e. The molecule has 7 nitrogen and oxygen atoms in total. The van der Waals surface area contributed by atoms with Gasteiger partial charge in [-0.05, 0) is 31.0 Å². The lowest BCUT2D eigenvalue weighted by atomic mass is 9.85. The Morgan fingerprint density at radius 1 is 1.28 bits per heavy atom. The smallest absolute Gasteiger partial charge is 0.268 e. The molecule has 4 rings (SSSR count). The summed E-state index contributed by atoms with van der Waals surface area (Å²) in [5.41, 5.74) is 3.44. The first-order valence-electron chi connectivity index (χ1n) is 10.0. The Hall–Kier alpha value is -1.99. The highest BCUT2D eigenvalue weighted by molar-refractivity contribution is 6.35. The zero-order valence-electron chi connectivity index (χ0n) is 16.5. The first-order chi connectivity index (χ1) is 13.9. The molecule has 2 N–H and O–H groups in total. The van der Waals surface area contributed by atoms with Gasteiger partial charge in [0.1, 0.15) is 12.4 Å². The predicted molar refractivity (Wildman–Crippen MR) is 114 cm³/mol. The number of halogens is 2. The summed E-state index contributed by atoms with van der Waals surface area (Å²) in [5, 5.41) is 8.11. The largest absolute Gasteiger partial charge is 0.325 e. The third-order valence-corrected chi connectivity index (χ3v) is 6.41. The number of amides is 2. The summed E-state index contributed by atoms with van der Waals surface area (Å²) in [6.45, 7) is 4.14. The van der Waals surface area contributed by atoms with E-state index in [0.717, 1.165) is 31.5 Å². The van der Waals surface area contributed by atoms with Crippen LogP contribution in [0.4, 0.5) is 5.69 Å². The standard InChI is InChI=1S/C20H25Cl2N5O2/c1-11(2)18-24-25-19-20(29)26(15-5-3-4-6-16(15)27(18)19)10-17(28)23-14-9-12(21)7-8-13(14)22/h7-9,11,15-16,19,25H,3-6,10H2,1-2H3,(H,23,28). The summed E-state index contributed by atoms with van der Waals surface area (Å²) < 4.78 is 0. The fraction of sp³-hybridized carbons (Fsp3) is 0.550. The maximum Gasteiger partial charge on any atom is 0.268 e. The van der Waals surface area contributed by atoms with Crippen LogP contribution in [-0.2, 0) is 9.59 Å². The second-order valence-electron chi connectivity index (χ2n) is 8.12. The first-order valence-corrected chi connectivity index (χ1v) is 10.8. The van der Waals surface area contributed by atoms with Gasteiger partial charge >= 0.3 is 0 Å². The van der Waals surface area contributed by atoms with Crippen molar-refractivity contribution >= 4 is 46.5 Å². The van der Waals surface area contributed by atoms with Crippen LogP contribution in [0, 0.1) is 5.92 Å². The number of nitrogens with one attached hydrogen (secondary N) is 2. The van der Waals surface area contributed by atoms with Crippen molar-refractivity contribution in [2.75, 3.05) is 11.9 Å². The van der Waals surface area contributed by atoms with Crippen LogP contribution >= 0.6 is 23.2 Å². The van der Waals surface area contributed by atoms with Crippen molar-refractivity contribution in [1.82, 2.24) is 15.2 Å². The van der Waals surface area contributed by atoms with Gasteiger partial charge in [0.15, 0.2) is 6.17 Å². The molecule has 1 saturated carbocycles. The number of nitrogens with zero attached hydrogens (tertiary/aromatic N) is 3. The van der Waals surface area contributed by atoms with Crippen molar-refractivity contribution in [3.63, 3.8) is 0 Å². The number of carbonyl (C=O) groups is 2. The Balaban J connectivity index is 1.54. The summed E-state index contributed by atoms with van der Waals surface area (Å²) in [5.74, 6) is 0.751. The van der Waals surface area contributed by atoms with Gasteiger partial charge in [-0.2, -0.15) is 5.10 Å². The van der Waals surface area contributed by atoms with Gasteiger partial charge < -0.3 is 15.1 Å². The molecule has 0 aromatic heterocycles. The lowest BCUT2D eigenvalue weighted by Crippen LogP contribution is -2.70. The number of piperazine rings is 1. The van der Waals surface area contributed by atoms with Crippen molar-refractivity contribution in [3.8, 4) is 0 Å². The van der Waals surface area contributed by atoms with E-state index in [1.165, 1.54) is 0 Å². The molecule has 0 radical (unpaired) electrons. The molecule has 1 saturated heterocycles. The summed E-state index contributed by atoms with van der Waals surface area (Å²) in [6, 6.07) is 5.06. The Labute approximate surface area is 180 Å².